The fourth-order valence-electron chi connectivity index (χ4n) is 1.86. The molecular formula is C12H20N2O3. The Morgan fingerprint density at radius 2 is 2.24 bits per heavy atom. The van der Waals surface area contributed by atoms with Gasteiger partial charge in [-0.25, -0.2) is 0 Å². The zero-order valence-electron chi connectivity index (χ0n) is 10.6. The Kier molecular flexibility index (Phi) is 4.69. The van der Waals surface area contributed by atoms with E-state index in [4.69, 9.17) is 5.11 Å². The van der Waals surface area contributed by atoms with Gasteiger partial charge in [-0.2, -0.15) is 5.10 Å². The molecule has 0 radical (unpaired) electrons. The van der Waals surface area contributed by atoms with E-state index in [1.807, 2.05) is 13.8 Å². The van der Waals surface area contributed by atoms with Crippen LogP contribution in [0.3, 0.4) is 0 Å². The van der Waals surface area contributed by atoms with Gasteiger partial charge in [0.15, 0.2) is 0 Å². The summed E-state index contributed by atoms with van der Waals surface area (Å²) in [6.45, 7) is 3.82. The summed E-state index contributed by atoms with van der Waals surface area (Å²) < 4.78 is 1.64. The van der Waals surface area contributed by atoms with Gasteiger partial charge in [-0.05, 0) is 13.3 Å². The van der Waals surface area contributed by atoms with Crippen LogP contribution in [0.2, 0.25) is 0 Å². The number of carboxylic acids is 1. The quantitative estimate of drug-likeness (QED) is 0.792. The predicted octanol–water partition coefficient (Wildman–Crippen LogP) is 1.65. The second kappa shape index (κ2) is 5.82. The number of hydrogen-bond donors (Lipinski definition) is 2. The van der Waals surface area contributed by atoms with Gasteiger partial charge in [0.2, 0.25) is 0 Å². The molecule has 0 spiro atoms. The van der Waals surface area contributed by atoms with Crippen LogP contribution in [0.5, 0.6) is 0 Å². The second-order valence-electron chi connectivity index (χ2n) is 4.34. The third kappa shape index (κ3) is 3.06. The van der Waals surface area contributed by atoms with Crippen LogP contribution in [0.15, 0.2) is 6.20 Å². The smallest absolute Gasteiger partial charge is 0.309 e. The summed E-state index contributed by atoms with van der Waals surface area (Å²) in [5.74, 6) is -1.70. The van der Waals surface area contributed by atoms with Crippen molar-refractivity contribution >= 4 is 5.97 Å². The predicted molar refractivity (Wildman–Crippen MR) is 63.6 cm³/mol. The van der Waals surface area contributed by atoms with Crippen molar-refractivity contribution in [2.75, 3.05) is 0 Å². The lowest BCUT2D eigenvalue weighted by atomic mass is 9.91. The highest BCUT2D eigenvalue weighted by Gasteiger charge is 2.29. The fraction of sp³-hybridized carbons (Fsp3) is 0.667. The highest BCUT2D eigenvalue weighted by atomic mass is 16.4. The van der Waals surface area contributed by atoms with E-state index in [1.54, 1.807) is 17.9 Å². The number of aromatic nitrogens is 2. The molecule has 0 amide bonds. The van der Waals surface area contributed by atoms with Gasteiger partial charge in [0.25, 0.3) is 0 Å². The summed E-state index contributed by atoms with van der Waals surface area (Å²) in [4.78, 5) is 11.2. The Balaban J connectivity index is 2.87. The standard InChI is InChI=1S/C12H20N2O3/c1-4-5-6-9(12(16)17)11(15)10-7-13-14(3)8(10)2/h7,9,11,15H,4-6H2,1-3H3,(H,16,17). The molecule has 0 bridgehead atoms. The van der Waals surface area contributed by atoms with Gasteiger partial charge >= 0.3 is 5.97 Å². The summed E-state index contributed by atoms with van der Waals surface area (Å²) in [5, 5.41) is 23.3. The van der Waals surface area contributed by atoms with Crippen molar-refractivity contribution in [1.82, 2.24) is 9.78 Å². The number of unbranched alkanes of at least 4 members (excludes halogenated alkanes) is 1. The Bertz CT molecular complexity index is 387. The molecule has 2 atom stereocenters. The van der Waals surface area contributed by atoms with E-state index in [-0.39, 0.29) is 0 Å². The molecule has 0 fully saturated rings. The number of aliphatic hydroxyl groups is 1. The number of rotatable bonds is 6. The van der Waals surface area contributed by atoms with Gasteiger partial charge in [0.05, 0.1) is 18.2 Å². The van der Waals surface area contributed by atoms with Gasteiger partial charge in [-0.15, -0.1) is 0 Å². The normalized spacial score (nSPS) is 14.6. The highest BCUT2D eigenvalue weighted by molar-refractivity contribution is 5.71. The molecule has 1 rings (SSSR count). The molecule has 1 heterocycles. The first kappa shape index (κ1) is 13.7. The first-order valence-corrected chi connectivity index (χ1v) is 5.88. The topological polar surface area (TPSA) is 75.3 Å². The monoisotopic (exact) mass is 240 g/mol. The van der Waals surface area contributed by atoms with Crippen LogP contribution in [0.4, 0.5) is 0 Å². The number of aliphatic carboxylic acids is 1. The highest BCUT2D eigenvalue weighted by Crippen LogP contribution is 2.28. The van der Waals surface area contributed by atoms with Crippen molar-refractivity contribution in [3.63, 3.8) is 0 Å². The average molecular weight is 240 g/mol. The van der Waals surface area contributed by atoms with Crippen LogP contribution >= 0.6 is 0 Å². The minimum atomic E-state index is -0.979. The molecule has 2 N–H and O–H groups in total. The Labute approximate surface area is 101 Å². The van der Waals surface area contributed by atoms with E-state index in [2.05, 4.69) is 5.10 Å². The average Bonchev–Trinajstić information content (AvgIpc) is 2.59. The molecule has 96 valence electrons. The SMILES string of the molecule is CCCCC(C(=O)O)C(O)c1cnn(C)c1C. The third-order valence-corrected chi connectivity index (χ3v) is 3.16. The summed E-state index contributed by atoms with van der Waals surface area (Å²) in [7, 11) is 1.77. The zero-order chi connectivity index (χ0) is 13.0. The molecule has 0 saturated carbocycles. The number of aryl methyl sites for hydroxylation is 1. The summed E-state index contributed by atoms with van der Waals surface area (Å²) in [6.07, 6.45) is 2.77. The number of carboxylic acid groups (broad SMARTS) is 1. The van der Waals surface area contributed by atoms with Gasteiger partial charge in [-0.1, -0.05) is 19.8 Å². The molecule has 5 nitrogen and oxygen atoms in total. The van der Waals surface area contributed by atoms with Crippen molar-refractivity contribution in [3.05, 3.63) is 17.5 Å². The molecule has 0 aliphatic rings. The van der Waals surface area contributed by atoms with E-state index in [0.29, 0.717) is 12.0 Å². The largest absolute Gasteiger partial charge is 0.481 e. The molecule has 0 aliphatic heterocycles. The summed E-state index contributed by atoms with van der Waals surface area (Å²) in [5.41, 5.74) is 1.41. The van der Waals surface area contributed by atoms with Crippen LogP contribution < -0.4 is 0 Å². The maximum atomic E-state index is 11.2. The van der Waals surface area contributed by atoms with Gasteiger partial charge in [0.1, 0.15) is 0 Å². The molecular weight excluding hydrogens is 220 g/mol. The van der Waals surface area contributed by atoms with Gasteiger partial charge in [-0.3, -0.25) is 9.48 Å². The molecule has 1 aromatic rings. The van der Waals surface area contributed by atoms with E-state index in [1.165, 1.54) is 0 Å². The molecule has 0 aromatic carbocycles. The number of hydrogen-bond acceptors (Lipinski definition) is 3. The summed E-state index contributed by atoms with van der Waals surface area (Å²) >= 11 is 0. The maximum absolute atomic E-state index is 11.2. The molecule has 1 aromatic heterocycles. The van der Waals surface area contributed by atoms with Crippen LogP contribution in [-0.2, 0) is 11.8 Å². The maximum Gasteiger partial charge on any atom is 0.309 e. The van der Waals surface area contributed by atoms with Gasteiger partial charge < -0.3 is 10.2 Å². The Morgan fingerprint density at radius 1 is 1.59 bits per heavy atom. The number of nitrogens with zero attached hydrogens (tertiary/aromatic N) is 2. The van der Waals surface area contributed by atoms with Crippen molar-refractivity contribution in [3.8, 4) is 0 Å². The van der Waals surface area contributed by atoms with Crippen LogP contribution in [0.25, 0.3) is 0 Å². The van der Waals surface area contributed by atoms with E-state index in [9.17, 15) is 9.90 Å². The minimum Gasteiger partial charge on any atom is -0.481 e. The van der Waals surface area contributed by atoms with Crippen LogP contribution in [0.1, 0.15) is 43.5 Å². The van der Waals surface area contributed by atoms with Crippen molar-refractivity contribution < 1.29 is 15.0 Å². The first-order valence-electron chi connectivity index (χ1n) is 5.88. The first-order chi connectivity index (χ1) is 7.99. The summed E-state index contributed by atoms with van der Waals surface area (Å²) in [6, 6.07) is 0. The Morgan fingerprint density at radius 3 is 2.65 bits per heavy atom. The molecule has 5 heteroatoms. The lowest BCUT2D eigenvalue weighted by molar-refractivity contribution is -0.146. The molecule has 0 saturated heterocycles. The van der Waals surface area contributed by atoms with E-state index in [0.717, 1.165) is 18.5 Å². The number of aliphatic hydroxyl groups excluding tert-OH is 1. The van der Waals surface area contributed by atoms with E-state index >= 15 is 0 Å². The van der Waals surface area contributed by atoms with Crippen molar-refractivity contribution in [1.29, 1.82) is 0 Å². The van der Waals surface area contributed by atoms with Crippen molar-refractivity contribution in [2.24, 2.45) is 13.0 Å². The lowest BCUT2D eigenvalue weighted by Gasteiger charge is -2.18. The fourth-order valence-corrected chi connectivity index (χ4v) is 1.86. The third-order valence-electron chi connectivity index (χ3n) is 3.16. The van der Waals surface area contributed by atoms with Crippen LogP contribution in [-0.4, -0.2) is 26.0 Å². The van der Waals surface area contributed by atoms with Gasteiger partial charge in [0, 0.05) is 18.3 Å². The molecule has 17 heavy (non-hydrogen) atoms. The lowest BCUT2D eigenvalue weighted by Crippen LogP contribution is -2.22. The zero-order valence-corrected chi connectivity index (χ0v) is 10.6. The van der Waals surface area contributed by atoms with E-state index < -0.39 is 18.0 Å². The molecule has 0 aliphatic carbocycles. The molecule has 2 unspecified atom stereocenters. The number of carbonyl (C=O) groups is 1. The van der Waals surface area contributed by atoms with Crippen LogP contribution in [0, 0.1) is 12.8 Å². The minimum absolute atomic E-state index is 0.487. The van der Waals surface area contributed by atoms with Crippen molar-refractivity contribution in [2.45, 2.75) is 39.2 Å². The Hall–Kier alpha value is -1.36. The second-order valence-corrected chi connectivity index (χ2v) is 4.34.